The molecule has 0 spiro atoms. The number of anilines is 1. The van der Waals surface area contributed by atoms with E-state index in [2.05, 4.69) is 10.3 Å². The monoisotopic (exact) mass is 427 g/mol. The Morgan fingerprint density at radius 3 is 2.73 bits per heavy atom. The van der Waals surface area contributed by atoms with Gasteiger partial charge in [0.1, 0.15) is 17.5 Å². The third-order valence-electron chi connectivity index (χ3n) is 5.25. The molecule has 0 radical (unpaired) electrons. The zero-order valence-corrected chi connectivity index (χ0v) is 17.2. The summed E-state index contributed by atoms with van der Waals surface area (Å²) < 4.78 is 29.8. The molecular formula is C22H19F2N3O2S. The highest BCUT2D eigenvalue weighted by Crippen LogP contribution is 2.37. The van der Waals surface area contributed by atoms with E-state index in [0.29, 0.717) is 10.9 Å². The number of hydrogen-bond donors (Lipinski definition) is 1. The second kappa shape index (κ2) is 8.02. The number of nitrogens with one attached hydrogen (secondary N) is 1. The van der Waals surface area contributed by atoms with Crippen molar-refractivity contribution >= 4 is 23.5 Å². The van der Waals surface area contributed by atoms with Gasteiger partial charge in [0.2, 0.25) is 5.91 Å². The first kappa shape index (κ1) is 20.3. The number of halogens is 2. The molecule has 2 aromatic carbocycles. The SMILES string of the molecule is Cc1ccccc1CSc1nc(=O)c2c(n1C)NC(=O)C[C@H]2c1cc(F)ccc1F. The van der Waals surface area contributed by atoms with E-state index in [-0.39, 0.29) is 29.3 Å². The van der Waals surface area contributed by atoms with Gasteiger partial charge in [-0.1, -0.05) is 36.0 Å². The number of benzene rings is 2. The minimum Gasteiger partial charge on any atom is -0.312 e. The highest BCUT2D eigenvalue weighted by molar-refractivity contribution is 7.98. The van der Waals surface area contributed by atoms with Gasteiger partial charge >= 0.3 is 0 Å². The maximum absolute atomic E-state index is 14.4. The fourth-order valence-electron chi connectivity index (χ4n) is 3.63. The fourth-order valence-corrected chi connectivity index (χ4v) is 4.67. The number of aromatic nitrogens is 2. The van der Waals surface area contributed by atoms with Gasteiger partial charge in [-0.05, 0) is 41.8 Å². The predicted molar refractivity (Wildman–Crippen MR) is 112 cm³/mol. The van der Waals surface area contributed by atoms with Crippen molar-refractivity contribution in [3.8, 4) is 0 Å². The van der Waals surface area contributed by atoms with Crippen molar-refractivity contribution < 1.29 is 13.6 Å². The molecule has 0 fully saturated rings. The molecular weight excluding hydrogens is 408 g/mol. The number of hydrogen-bond acceptors (Lipinski definition) is 4. The van der Waals surface area contributed by atoms with Crippen molar-refractivity contribution in [1.82, 2.24) is 9.55 Å². The van der Waals surface area contributed by atoms with Gasteiger partial charge < -0.3 is 9.88 Å². The summed E-state index contributed by atoms with van der Waals surface area (Å²) in [7, 11) is 1.69. The van der Waals surface area contributed by atoms with Gasteiger partial charge in [-0.2, -0.15) is 4.98 Å². The summed E-state index contributed by atoms with van der Waals surface area (Å²) in [6.07, 6.45) is -0.153. The Kier molecular flexibility index (Phi) is 5.42. The van der Waals surface area contributed by atoms with E-state index >= 15 is 0 Å². The third-order valence-corrected chi connectivity index (χ3v) is 6.33. The molecule has 0 aliphatic carbocycles. The van der Waals surface area contributed by atoms with Crippen LogP contribution in [0.5, 0.6) is 0 Å². The Morgan fingerprint density at radius 2 is 1.97 bits per heavy atom. The molecule has 0 bridgehead atoms. The first-order valence-corrected chi connectivity index (χ1v) is 10.4. The minimum atomic E-state index is -0.897. The third kappa shape index (κ3) is 3.75. The molecule has 1 aliphatic heterocycles. The molecule has 3 aromatic rings. The molecule has 2 heterocycles. The van der Waals surface area contributed by atoms with Gasteiger partial charge in [-0.25, -0.2) is 8.78 Å². The summed E-state index contributed by atoms with van der Waals surface area (Å²) in [6, 6.07) is 10.9. The van der Waals surface area contributed by atoms with E-state index < -0.39 is 23.1 Å². The molecule has 0 saturated carbocycles. The van der Waals surface area contributed by atoms with Crippen LogP contribution >= 0.6 is 11.8 Å². The number of fused-ring (bicyclic) bond motifs is 1. The number of aryl methyl sites for hydroxylation is 1. The normalized spacial score (nSPS) is 15.6. The molecule has 1 atom stereocenters. The molecule has 1 aliphatic rings. The summed E-state index contributed by atoms with van der Waals surface area (Å²) >= 11 is 1.37. The lowest BCUT2D eigenvalue weighted by Crippen LogP contribution is -2.33. The molecule has 1 amide bonds. The van der Waals surface area contributed by atoms with Crippen LogP contribution in [-0.2, 0) is 17.6 Å². The quantitative estimate of drug-likeness (QED) is 0.502. The van der Waals surface area contributed by atoms with Crippen molar-refractivity contribution in [3.05, 3.63) is 86.7 Å². The van der Waals surface area contributed by atoms with Crippen molar-refractivity contribution in [1.29, 1.82) is 0 Å². The summed E-state index contributed by atoms with van der Waals surface area (Å²) in [5.74, 6) is -1.69. The van der Waals surface area contributed by atoms with E-state index in [1.54, 1.807) is 11.6 Å². The van der Waals surface area contributed by atoms with Crippen LogP contribution < -0.4 is 10.9 Å². The first-order valence-electron chi connectivity index (χ1n) is 9.38. The van der Waals surface area contributed by atoms with E-state index in [9.17, 15) is 18.4 Å². The van der Waals surface area contributed by atoms with Crippen LogP contribution in [0.2, 0.25) is 0 Å². The standard InChI is InChI=1S/C22H19F2N3O2S/c1-12-5-3-4-6-13(12)11-30-22-26-21(29)19-16(10-18(28)25-20(19)27(22)2)15-9-14(23)7-8-17(15)24/h3-9,16H,10-11H2,1-2H3,(H,25,28)/t16-/m0/s1. The fraction of sp³-hybridized carbons (Fsp3) is 0.227. The Bertz CT molecular complexity index is 1210. The van der Waals surface area contributed by atoms with Crippen LogP contribution in [0.4, 0.5) is 14.6 Å². The van der Waals surface area contributed by atoms with E-state index in [1.807, 2.05) is 31.2 Å². The number of amides is 1. The second-order valence-electron chi connectivity index (χ2n) is 7.21. The van der Waals surface area contributed by atoms with Crippen LogP contribution in [0.25, 0.3) is 0 Å². The van der Waals surface area contributed by atoms with Crippen LogP contribution in [0, 0.1) is 18.6 Å². The molecule has 5 nitrogen and oxygen atoms in total. The van der Waals surface area contributed by atoms with Gasteiger partial charge in [0.25, 0.3) is 5.56 Å². The van der Waals surface area contributed by atoms with Crippen molar-refractivity contribution in [3.63, 3.8) is 0 Å². The highest BCUT2D eigenvalue weighted by atomic mass is 32.2. The van der Waals surface area contributed by atoms with Crippen LogP contribution in [0.1, 0.15) is 34.6 Å². The first-order chi connectivity index (χ1) is 14.3. The van der Waals surface area contributed by atoms with E-state index in [1.165, 1.54) is 11.8 Å². The molecule has 0 unspecified atom stereocenters. The Balaban J connectivity index is 1.76. The number of rotatable bonds is 4. The summed E-state index contributed by atoms with van der Waals surface area (Å²) in [4.78, 5) is 29.4. The molecule has 1 aromatic heterocycles. The summed E-state index contributed by atoms with van der Waals surface area (Å²) in [5.41, 5.74) is 1.83. The molecule has 154 valence electrons. The van der Waals surface area contributed by atoms with Crippen LogP contribution in [0.3, 0.4) is 0 Å². The zero-order chi connectivity index (χ0) is 21.4. The van der Waals surface area contributed by atoms with Crippen LogP contribution in [-0.4, -0.2) is 15.5 Å². The summed E-state index contributed by atoms with van der Waals surface area (Å²) in [5, 5.41) is 3.14. The molecule has 0 saturated heterocycles. The largest absolute Gasteiger partial charge is 0.312 e. The van der Waals surface area contributed by atoms with Gasteiger partial charge in [0.05, 0.1) is 5.56 Å². The number of carbonyl (C=O) groups excluding carboxylic acids is 1. The second-order valence-corrected chi connectivity index (χ2v) is 8.15. The average Bonchev–Trinajstić information content (AvgIpc) is 2.71. The smallest absolute Gasteiger partial charge is 0.279 e. The Hall–Kier alpha value is -3.00. The van der Waals surface area contributed by atoms with Crippen molar-refractivity contribution in [2.24, 2.45) is 7.05 Å². The lowest BCUT2D eigenvalue weighted by atomic mass is 9.86. The maximum atomic E-state index is 14.4. The molecule has 8 heteroatoms. The predicted octanol–water partition coefficient (Wildman–Crippen LogP) is 4.13. The maximum Gasteiger partial charge on any atom is 0.279 e. The molecule has 4 rings (SSSR count). The highest BCUT2D eigenvalue weighted by Gasteiger charge is 2.33. The topological polar surface area (TPSA) is 64.0 Å². The van der Waals surface area contributed by atoms with Gasteiger partial charge in [-0.15, -0.1) is 0 Å². The molecule has 30 heavy (non-hydrogen) atoms. The van der Waals surface area contributed by atoms with E-state index in [4.69, 9.17) is 0 Å². The Morgan fingerprint density at radius 1 is 1.20 bits per heavy atom. The lowest BCUT2D eigenvalue weighted by molar-refractivity contribution is -0.116. The average molecular weight is 427 g/mol. The lowest BCUT2D eigenvalue weighted by Gasteiger charge is -2.27. The van der Waals surface area contributed by atoms with Gasteiger partial charge in [0.15, 0.2) is 5.16 Å². The van der Waals surface area contributed by atoms with Crippen LogP contribution in [0.15, 0.2) is 52.4 Å². The van der Waals surface area contributed by atoms with Crippen molar-refractivity contribution in [2.75, 3.05) is 5.32 Å². The number of thioether (sulfide) groups is 1. The Labute approximate surface area is 176 Å². The van der Waals surface area contributed by atoms with E-state index in [0.717, 1.165) is 29.3 Å². The number of carbonyl (C=O) groups is 1. The minimum absolute atomic E-state index is 0.0229. The zero-order valence-electron chi connectivity index (χ0n) is 16.4. The number of nitrogens with zero attached hydrogens (tertiary/aromatic N) is 2. The van der Waals surface area contributed by atoms with Crippen molar-refractivity contribution in [2.45, 2.75) is 30.2 Å². The van der Waals surface area contributed by atoms with Gasteiger partial charge in [0, 0.05) is 25.1 Å². The van der Waals surface area contributed by atoms with Gasteiger partial charge in [-0.3, -0.25) is 9.59 Å². The summed E-state index contributed by atoms with van der Waals surface area (Å²) in [6.45, 7) is 2.01. The molecule has 1 N–H and O–H groups in total.